The summed E-state index contributed by atoms with van der Waals surface area (Å²) in [5, 5.41) is 4.98. The molecule has 2 aromatic rings. The van der Waals surface area contributed by atoms with Crippen molar-refractivity contribution in [2.45, 2.75) is 12.6 Å². The average Bonchev–Trinajstić information content (AvgIpc) is 2.92. The van der Waals surface area contributed by atoms with E-state index >= 15 is 0 Å². The van der Waals surface area contributed by atoms with E-state index in [0.717, 1.165) is 4.88 Å². The first-order valence-electron chi connectivity index (χ1n) is 6.00. The molecule has 1 unspecified atom stereocenters. The van der Waals surface area contributed by atoms with Crippen LogP contribution >= 0.6 is 11.3 Å². The van der Waals surface area contributed by atoms with Crippen LogP contribution in [-0.4, -0.2) is 13.0 Å². The zero-order valence-corrected chi connectivity index (χ0v) is 11.7. The van der Waals surface area contributed by atoms with Gasteiger partial charge < -0.3 is 10.5 Å². The van der Waals surface area contributed by atoms with Crippen LogP contribution in [0.3, 0.4) is 0 Å². The van der Waals surface area contributed by atoms with Crippen LogP contribution in [0.1, 0.15) is 16.5 Å². The van der Waals surface area contributed by atoms with Crippen molar-refractivity contribution >= 4 is 17.2 Å². The minimum Gasteiger partial charge on any atom is -0.494 e. The molecule has 106 valence electrons. The third-order valence-corrected chi connectivity index (χ3v) is 3.73. The molecular formula is C14H15FN2O2S. The predicted molar refractivity (Wildman–Crippen MR) is 76.0 cm³/mol. The molecule has 1 amide bonds. The second-order valence-electron chi connectivity index (χ2n) is 4.19. The van der Waals surface area contributed by atoms with Crippen molar-refractivity contribution in [3.8, 4) is 5.75 Å². The van der Waals surface area contributed by atoms with E-state index in [2.05, 4.69) is 5.32 Å². The van der Waals surface area contributed by atoms with Gasteiger partial charge in [0, 0.05) is 11.4 Å². The summed E-state index contributed by atoms with van der Waals surface area (Å²) in [5.41, 5.74) is 5.86. The Bertz CT molecular complexity index is 587. The second-order valence-corrected chi connectivity index (χ2v) is 5.22. The number of nitrogens with one attached hydrogen (secondary N) is 1. The topological polar surface area (TPSA) is 64.3 Å². The van der Waals surface area contributed by atoms with Crippen LogP contribution in [0.25, 0.3) is 0 Å². The van der Waals surface area contributed by atoms with Gasteiger partial charge in [-0.15, -0.1) is 11.3 Å². The molecule has 3 N–H and O–H groups in total. The molecule has 1 aromatic heterocycles. The fourth-order valence-electron chi connectivity index (χ4n) is 1.86. The summed E-state index contributed by atoms with van der Waals surface area (Å²) in [7, 11) is 1.39. The Hall–Kier alpha value is -1.92. The number of amides is 1. The van der Waals surface area contributed by atoms with Gasteiger partial charge in [-0.25, -0.2) is 4.39 Å². The Kier molecular flexibility index (Phi) is 4.70. The maximum absolute atomic E-state index is 13.7. The molecule has 0 radical (unpaired) electrons. The predicted octanol–water partition coefficient (Wildman–Crippen LogP) is 2.21. The van der Waals surface area contributed by atoms with E-state index in [1.807, 2.05) is 17.5 Å². The lowest BCUT2D eigenvalue weighted by Crippen LogP contribution is -2.33. The molecule has 0 saturated carbocycles. The molecule has 0 spiro atoms. The molecular weight excluding hydrogens is 279 g/mol. The highest BCUT2D eigenvalue weighted by Crippen LogP contribution is 2.22. The highest BCUT2D eigenvalue weighted by Gasteiger charge is 2.19. The number of carbonyl (C=O) groups is 1. The van der Waals surface area contributed by atoms with Crippen molar-refractivity contribution in [1.82, 2.24) is 5.32 Å². The fourth-order valence-corrected chi connectivity index (χ4v) is 2.52. The van der Waals surface area contributed by atoms with Crippen molar-refractivity contribution in [2.75, 3.05) is 7.11 Å². The molecule has 4 nitrogen and oxygen atoms in total. The molecule has 0 bridgehead atoms. The number of thiophene rings is 1. The van der Waals surface area contributed by atoms with Gasteiger partial charge in [0.1, 0.15) is 6.04 Å². The molecule has 0 aliphatic rings. The van der Waals surface area contributed by atoms with Gasteiger partial charge in [-0.1, -0.05) is 12.1 Å². The summed E-state index contributed by atoms with van der Waals surface area (Å²) in [4.78, 5) is 12.6. The number of rotatable bonds is 6. The SMILES string of the molecule is COc1ccc(C(NCc2cccs2)C(N)=O)cc1F. The number of hydrogen-bond acceptors (Lipinski definition) is 4. The first-order chi connectivity index (χ1) is 9.61. The van der Waals surface area contributed by atoms with Crippen molar-refractivity contribution in [3.63, 3.8) is 0 Å². The Morgan fingerprint density at radius 2 is 2.30 bits per heavy atom. The Morgan fingerprint density at radius 1 is 1.50 bits per heavy atom. The van der Waals surface area contributed by atoms with Crippen LogP contribution in [-0.2, 0) is 11.3 Å². The third-order valence-electron chi connectivity index (χ3n) is 2.85. The molecule has 0 aliphatic heterocycles. The zero-order chi connectivity index (χ0) is 14.5. The van der Waals surface area contributed by atoms with E-state index in [1.54, 1.807) is 17.4 Å². The van der Waals surface area contributed by atoms with Crippen LogP contribution in [0.4, 0.5) is 4.39 Å². The fraction of sp³-hybridized carbons (Fsp3) is 0.214. The largest absolute Gasteiger partial charge is 0.494 e. The monoisotopic (exact) mass is 294 g/mol. The van der Waals surface area contributed by atoms with Gasteiger partial charge >= 0.3 is 0 Å². The minimum absolute atomic E-state index is 0.134. The first kappa shape index (κ1) is 14.5. The number of methoxy groups -OCH3 is 1. The maximum atomic E-state index is 13.7. The van der Waals surface area contributed by atoms with E-state index in [0.29, 0.717) is 12.1 Å². The lowest BCUT2D eigenvalue weighted by atomic mass is 10.1. The summed E-state index contributed by atoms with van der Waals surface area (Å²) in [6, 6.07) is 7.50. The Balaban J connectivity index is 2.15. The number of primary amides is 1. The summed E-state index contributed by atoms with van der Waals surface area (Å²) in [5.74, 6) is -0.935. The number of halogens is 1. The van der Waals surface area contributed by atoms with Crippen molar-refractivity contribution in [3.05, 3.63) is 52.0 Å². The van der Waals surface area contributed by atoms with E-state index < -0.39 is 17.8 Å². The number of benzene rings is 1. The first-order valence-corrected chi connectivity index (χ1v) is 6.88. The summed E-state index contributed by atoms with van der Waals surface area (Å²) >= 11 is 1.57. The van der Waals surface area contributed by atoms with Gasteiger partial charge in [0.15, 0.2) is 11.6 Å². The van der Waals surface area contributed by atoms with Crippen LogP contribution in [0.5, 0.6) is 5.75 Å². The van der Waals surface area contributed by atoms with E-state index in [4.69, 9.17) is 10.5 Å². The second kappa shape index (κ2) is 6.49. The lowest BCUT2D eigenvalue weighted by Gasteiger charge is -2.16. The van der Waals surface area contributed by atoms with Gasteiger partial charge in [-0.3, -0.25) is 10.1 Å². The van der Waals surface area contributed by atoms with E-state index in [-0.39, 0.29) is 5.75 Å². The van der Waals surface area contributed by atoms with E-state index in [1.165, 1.54) is 19.2 Å². The molecule has 0 fully saturated rings. The third kappa shape index (κ3) is 3.34. The van der Waals surface area contributed by atoms with E-state index in [9.17, 15) is 9.18 Å². The average molecular weight is 294 g/mol. The van der Waals surface area contributed by atoms with Crippen LogP contribution in [0.15, 0.2) is 35.7 Å². The van der Waals surface area contributed by atoms with Crippen molar-refractivity contribution < 1.29 is 13.9 Å². The van der Waals surface area contributed by atoms with Gasteiger partial charge in [0.25, 0.3) is 0 Å². The number of ether oxygens (including phenoxy) is 1. The number of hydrogen-bond donors (Lipinski definition) is 2. The summed E-state index contributed by atoms with van der Waals surface area (Å²) in [6.45, 7) is 0.499. The molecule has 0 saturated heterocycles. The van der Waals surface area contributed by atoms with Gasteiger partial charge in [-0.2, -0.15) is 0 Å². The van der Waals surface area contributed by atoms with Crippen LogP contribution in [0, 0.1) is 5.82 Å². The molecule has 1 heterocycles. The Morgan fingerprint density at radius 3 is 2.85 bits per heavy atom. The lowest BCUT2D eigenvalue weighted by molar-refractivity contribution is -0.120. The molecule has 0 aliphatic carbocycles. The van der Waals surface area contributed by atoms with Crippen LogP contribution in [0.2, 0.25) is 0 Å². The molecule has 1 aromatic carbocycles. The quantitative estimate of drug-likeness (QED) is 0.858. The van der Waals surface area contributed by atoms with Gasteiger partial charge in [0.2, 0.25) is 5.91 Å². The van der Waals surface area contributed by atoms with Gasteiger partial charge in [0.05, 0.1) is 7.11 Å². The summed E-state index contributed by atoms with van der Waals surface area (Å²) < 4.78 is 18.5. The van der Waals surface area contributed by atoms with Gasteiger partial charge in [-0.05, 0) is 29.1 Å². The standard InChI is InChI=1S/C14H15FN2O2S/c1-19-12-5-4-9(7-11(12)15)13(14(16)18)17-8-10-3-2-6-20-10/h2-7,13,17H,8H2,1H3,(H2,16,18). The molecule has 20 heavy (non-hydrogen) atoms. The number of carbonyl (C=O) groups excluding carboxylic acids is 1. The highest BCUT2D eigenvalue weighted by atomic mass is 32.1. The Labute approximate surface area is 120 Å². The van der Waals surface area contributed by atoms with Crippen LogP contribution < -0.4 is 15.8 Å². The highest BCUT2D eigenvalue weighted by molar-refractivity contribution is 7.09. The summed E-state index contributed by atoms with van der Waals surface area (Å²) in [6.07, 6.45) is 0. The normalized spacial score (nSPS) is 12.1. The molecule has 1 atom stereocenters. The molecule has 2 rings (SSSR count). The number of nitrogens with two attached hydrogens (primary N) is 1. The van der Waals surface area contributed by atoms with Crippen molar-refractivity contribution in [1.29, 1.82) is 0 Å². The minimum atomic E-state index is -0.738. The smallest absolute Gasteiger partial charge is 0.239 e. The zero-order valence-electron chi connectivity index (χ0n) is 10.9. The maximum Gasteiger partial charge on any atom is 0.239 e. The molecule has 6 heteroatoms. The van der Waals surface area contributed by atoms with Crippen molar-refractivity contribution in [2.24, 2.45) is 5.73 Å².